The van der Waals surface area contributed by atoms with Gasteiger partial charge in [-0.15, -0.1) is 11.3 Å². The Hall–Kier alpha value is -1.88. The summed E-state index contributed by atoms with van der Waals surface area (Å²) in [6.45, 7) is 0. The Morgan fingerprint density at radius 1 is 1.39 bits per heavy atom. The maximum absolute atomic E-state index is 4.64. The normalized spacial score (nSPS) is 15.1. The topological polar surface area (TPSA) is 53.6 Å². The first-order valence-electron chi connectivity index (χ1n) is 6.05. The summed E-state index contributed by atoms with van der Waals surface area (Å²) < 4.78 is 0. The molecule has 18 heavy (non-hydrogen) atoms. The van der Waals surface area contributed by atoms with Crippen LogP contribution in [0.1, 0.15) is 12.8 Å². The van der Waals surface area contributed by atoms with Crippen molar-refractivity contribution in [2.45, 2.75) is 18.9 Å². The number of pyridine rings is 1. The molecule has 0 amide bonds. The van der Waals surface area contributed by atoms with Gasteiger partial charge in [0.25, 0.3) is 0 Å². The van der Waals surface area contributed by atoms with E-state index in [0.29, 0.717) is 6.04 Å². The number of H-pyrrole nitrogens is 1. The zero-order chi connectivity index (χ0) is 11.9. The van der Waals surface area contributed by atoms with Gasteiger partial charge in [0.05, 0.1) is 5.69 Å². The third-order valence-electron chi connectivity index (χ3n) is 3.14. The molecule has 0 bridgehead atoms. The number of anilines is 1. The van der Waals surface area contributed by atoms with Gasteiger partial charge in [0, 0.05) is 34.8 Å². The molecule has 5 heteroatoms. The lowest BCUT2D eigenvalue weighted by Crippen LogP contribution is -1.99. The summed E-state index contributed by atoms with van der Waals surface area (Å²) in [7, 11) is 0. The first-order chi connectivity index (χ1) is 8.90. The Morgan fingerprint density at radius 3 is 3.22 bits per heavy atom. The average molecular weight is 256 g/mol. The second-order valence-electron chi connectivity index (χ2n) is 4.56. The minimum Gasteiger partial charge on any atom is -0.359 e. The maximum Gasteiger partial charge on any atom is 0.183 e. The van der Waals surface area contributed by atoms with E-state index in [1.54, 1.807) is 17.5 Å². The molecular formula is C13H12N4S. The number of aromatic amines is 1. The van der Waals surface area contributed by atoms with E-state index >= 15 is 0 Å². The van der Waals surface area contributed by atoms with Crippen LogP contribution >= 0.6 is 11.3 Å². The second-order valence-corrected chi connectivity index (χ2v) is 5.42. The molecule has 1 aliphatic rings. The van der Waals surface area contributed by atoms with E-state index in [9.17, 15) is 0 Å². The Morgan fingerprint density at radius 2 is 2.33 bits per heavy atom. The van der Waals surface area contributed by atoms with Crippen LogP contribution in [0.15, 0.2) is 29.9 Å². The number of nitrogens with one attached hydrogen (secondary N) is 2. The van der Waals surface area contributed by atoms with Crippen molar-refractivity contribution in [1.82, 2.24) is 15.0 Å². The minimum absolute atomic E-state index is 0.647. The molecular weight excluding hydrogens is 244 g/mol. The van der Waals surface area contributed by atoms with Crippen molar-refractivity contribution in [2.75, 3.05) is 5.32 Å². The molecule has 90 valence electrons. The van der Waals surface area contributed by atoms with E-state index in [0.717, 1.165) is 27.4 Å². The van der Waals surface area contributed by atoms with E-state index in [2.05, 4.69) is 31.7 Å². The van der Waals surface area contributed by atoms with Crippen molar-refractivity contribution in [3.63, 3.8) is 0 Å². The largest absolute Gasteiger partial charge is 0.359 e. The number of nitrogens with zero attached hydrogens (tertiary/aromatic N) is 2. The number of rotatable bonds is 3. The van der Waals surface area contributed by atoms with Crippen LogP contribution < -0.4 is 5.32 Å². The molecule has 4 nitrogen and oxygen atoms in total. The lowest BCUT2D eigenvalue weighted by atomic mass is 10.2. The lowest BCUT2D eigenvalue weighted by Gasteiger charge is -1.96. The average Bonchev–Trinajstić information content (AvgIpc) is 2.91. The van der Waals surface area contributed by atoms with Crippen LogP contribution in [0.4, 0.5) is 5.13 Å². The predicted molar refractivity (Wildman–Crippen MR) is 73.8 cm³/mol. The summed E-state index contributed by atoms with van der Waals surface area (Å²) in [5, 5.41) is 7.67. The molecule has 3 aromatic rings. The Labute approximate surface area is 108 Å². The highest BCUT2D eigenvalue weighted by Crippen LogP contribution is 2.32. The standard InChI is InChI=1S/C13H12N4S/c1-2-9-10(6-15-12(9)14-5-1)11-7-18-13(17-11)16-8-3-4-8/h1-2,5-8H,3-4H2,(H,14,15)(H,16,17). The molecule has 1 fully saturated rings. The van der Waals surface area contributed by atoms with Crippen molar-refractivity contribution in [1.29, 1.82) is 0 Å². The Kier molecular flexibility index (Phi) is 2.14. The maximum atomic E-state index is 4.64. The molecule has 0 aliphatic heterocycles. The van der Waals surface area contributed by atoms with Gasteiger partial charge in [0.1, 0.15) is 5.65 Å². The summed E-state index contributed by atoms with van der Waals surface area (Å²) in [6, 6.07) is 4.67. The highest BCUT2D eigenvalue weighted by molar-refractivity contribution is 7.14. The monoisotopic (exact) mass is 256 g/mol. The fourth-order valence-electron chi connectivity index (χ4n) is 2.03. The quantitative estimate of drug-likeness (QED) is 0.756. The molecule has 0 saturated heterocycles. The van der Waals surface area contributed by atoms with Crippen LogP contribution in [0.5, 0.6) is 0 Å². The van der Waals surface area contributed by atoms with Gasteiger partial charge in [-0.05, 0) is 25.0 Å². The second kappa shape index (κ2) is 3.81. The van der Waals surface area contributed by atoms with Gasteiger partial charge in [-0.2, -0.15) is 0 Å². The lowest BCUT2D eigenvalue weighted by molar-refractivity contribution is 1.14. The highest BCUT2D eigenvalue weighted by atomic mass is 32.1. The van der Waals surface area contributed by atoms with Gasteiger partial charge >= 0.3 is 0 Å². The number of thiazole rings is 1. The zero-order valence-corrected chi connectivity index (χ0v) is 10.5. The molecule has 0 atom stereocenters. The minimum atomic E-state index is 0.647. The molecule has 1 saturated carbocycles. The van der Waals surface area contributed by atoms with Gasteiger partial charge in [0.2, 0.25) is 0 Å². The summed E-state index contributed by atoms with van der Waals surface area (Å²) >= 11 is 1.67. The van der Waals surface area contributed by atoms with Gasteiger partial charge in [-0.3, -0.25) is 0 Å². The van der Waals surface area contributed by atoms with Crippen molar-refractivity contribution in [3.05, 3.63) is 29.9 Å². The third-order valence-corrected chi connectivity index (χ3v) is 3.91. The first-order valence-corrected chi connectivity index (χ1v) is 6.93. The fourth-order valence-corrected chi connectivity index (χ4v) is 2.82. The van der Waals surface area contributed by atoms with Gasteiger partial charge in [0.15, 0.2) is 5.13 Å². The van der Waals surface area contributed by atoms with Gasteiger partial charge < -0.3 is 10.3 Å². The predicted octanol–water partition coefficient (Wildman–Crippen LogP) is 3.26. The van der Waals surface area contributed by atoms with Crippen molar-refractivity contribution in [2.24, 2.45) is 0 Å². The summed E-state index contributed by atoms with van der Waals surface area (Å²) in [5.41, 5.74) is 3.05. The van der Waals surface area contributed by atoms with E-state index in [4.69, 9.17) is 0 Å². The van der Waals surface area contributed by atoms with Gasteiger partial charge in [-0.25, -0.2) is 9.97 Å². The summed E-state index contributed by atoms with van der Waals surface area (Å²) in [6.07, 6.45) is 6.31. The van der Waals surface area contributed by atoms with Crippen LogP contribution in [0, 0.1) is 0 Å². The number of fused-ring (bicyclic) bond motifs is 1. The van der Waals surface area contributed by atoms with Crippen molar-refractivity contribution in [3.8, 4) is 11.3 Å². The number of hydrogen-bond acceptors (Lipinski definition) is 4. The van der Waals surface area contributed by atoms with E-state index in [-0.39, 0.29) is 0 Å². The molecule has 0 spiro atoms. The van der Waals surface area contributed by atoms with Crippen LogP contribution in [-0.4, -0.2) is 21.0 Å². The van der Waals surface area contributed by atoms with Crippen LogP contribution in [0.2, 0.25) is 0 Å². The zero-order valence-electron chi connectivity index (χ0n) is 9.68. The summed E-state index contributed by atoms with van der Waals surface area (Å²) in [4.78, 5) is 12.1. The van der Waals surface area contributed by atoms with Crippen molar-refractivity contribution >= 4 is 27.5 Å². The fraction of sp³-hybridized carbons (Fsp3) is 0.231. The van der Waals surface area contributed by atoms with E-state index < -0.39 is 0 Å². The van der Waals surface area contributed by atoms with Crippen LogP contribution in [-0.2, 0) is 0 Å². The van der Waals surface area contributed by atoms with Gasteiger partial charge in [-0.1, -0.05) is 0 Å². The van der Waals surface area contributed by atoms with E-state index in [1.807, 2.05) is 12.3 Å². The SMILES string of the molecule is c1cnc2[nH]cc(-c3csc(NC4CC4)n3)c2c1. The number of hydrogen-bond donors (Lipinski definition) is 2. The molecule has 0 aromatic carbocycles. The molecule has 3 aromatic heterocycles. The highest BCUT2D eigenvalue weighted by Gasteiger charge is 2.22. The first kappa shape index (κ1) is 10.1. The van der Waals surface area contributed by atoms with Crippen LogP contribution in [0.25, 0.3) is 22.3 Å². The number of aromatic nitrogens is 3. The van der Waals surface area contributed by atoms with Crippen LogP contribution in [0.3, 0.4) is 0 Å². The van der Waals surface area contributed by atoms with Crippen molar-refractivity contribution < 1.29 is 0 Å². The summed E-state index contributed by atoms with van der Waals surface area (Å²) in [5.74, 6) is 0. The third kappa shape index (κ3) is 1.67. The molecule has 0 radical (unpaired) electrons. The Balaban J connectivity index is 1.74. The smallest absolute Gasteiger partial charge is 0.183 e. The molecule has 2 N–H and O–H groups in total. The molecule has 0 unspecified atom stereocenters. The Bertz CT molecular complexity index is 696. The van der Waals surface area contributed by atoms with E-state index in [1.165, 1.54) is 12.8 Å². The molecule has 1 aliphatic carbocycles. The molecule has 4 rings (SSSR count). The molecule has 3 heterocycles.